The fourth-order valence-corrected chi connectivity index (χ4v) is 5.83. The molecule has 3 heterocycles. The zero-order chi connectivity index (χ0) is 28.6. The molecule has 0 fully saturated rings. The van der Waals surface area contributed by atoms with E-state index in [0.717, 1.165) is 51.5 Å². The zero-order valence-corrected chi connectivity index (χ0v) is 23.3. The molecule has 0 bridgehead atoms. The van der Waals surface area contributed by atoms with Crippen LogP contribution < -0.4 is 0 Å². The molecule has 5 nitrogen and oxygen atoms in total. The van der Waals surface area contributed by atoms with Crippen molar-refractivity contribution in [2.24, 2.45) is 0 Å². The number of hydrogen-bond donors (Lipinski definition) is 0. The largest absolute Gasteiger partial charge is 0.456 e. The number of aromatic nitrogens is 4. The first-order chi connectivity index (χ1) is 21.3. The van der Waals surface area contributed by atoms with Crippen LogP contribution in [0.25, 0.3) is 67.2 Å². The van der Waals surface area contributed by atoms with Gasteiger partial charge in [-0.1, -0.05) is 91.0 Å². The first kappa shape index (κ1) is 25.1. The van der Waals surface area contributed by atoms with Gasteiger partial charge in [-0.15, -0.1) is 0 Å². The van der Waals surface area contributed by atoms with Gasteiger partial charge in [0.2, 0.25) is 0 Å². The topological polar surface area (TPSA) is 64.7 Å². The van der Waals surface area contributed by atoms with E-state index in [4.69, 9.17) is 19.4 Å². The van der Waals surface area contributed by atoms with E-state index in [-0.39, 0.29) is 0 Å². The van der Waals surface area contributed by atoms with Gasteiger partial charge in [0.05, 0.1) is 0 Å². The Balaban J connectivity index is 1.28. The predicted octanol–water partition coefficient (Wildman–Crippen LogP) is 9.43. The fraction of sp³-hybridized carbons (Fsp3) is 0.0526. The summed E-state index contributed by atoms with van der Waals surface area (Å²) in [4.78, 5) is 19.0. The van der Waals surface area contributed by atoms with Gasteiger partial charge in [-0.3, -0.25) is 4.98 Å². The van der Waals surface area contributed by atoms with Gasteiger partial charge in [0.15, 0.2) is 17.5 Å². The molecule has 0 N–H and O–H groups in total. The maximum absolute atomic E-state index is 6.35. The van der Waals surface area contributed by atoms with Crippen LogP contribution in [0.2, 0.25) is 0 Å². The van der Waals surface area contributed by atoms with Crippen molar-refractivity contribution in [3.05, 3.63) is 145 Å². The average molecular weight is 555 g/mol. The highest BCUT2D eigenvalue weighted by atomic mass is 16.3. The maximum Gasteiger partial charge on any atom is 0.164 e. The molecule has 0 spiro atoms. The molecule has 0 atom stereocenters. The molecule has 0 saturated heterocycles. The minimum Gasteiger partial charge on any atom is -0.456 e. The molecule has 43 heavy (non-hydrogen) atoms. The van der Waals surface area contributed by atoms with Crippen LogP contribution in [0.15, 0.2) is 138 Å². The summed E-state index contributed by atoms with van der Waals surface area (Å²) in [6.07, 6.45) is 10.1. The lowest BCUT2D eigenvalue weighted by molar-refractivity contribution is 0.669. The summed E-state index contributed by atoms with van der Waals surface area (Å²) in [6, 6.07) is 36.8. The number of pyridine rings is 1. The number of fused-ring (bicyclic) bond motifs is 3. The van der Waals surface area contributed by atoms with Gasteiger partial charge < -0.3 is 4.42 Å². The smallest absolute Gasteiger partial charge is 0.164 e. The average Bonchev–Trinajstić information content (AvgIpc) is 3.47. The second-order valence-electron chi connectivity index (χ2n) is 10.6. The van der Waals surface area contributed by atoms with E-state index in [1.54, 1.807) is 0 Å². The molecule has 204 valence electrons. The highest BCUT2D eigenvalue weighted by Gasteiger charge is 2.19. The van der Waals surface area contributed by atoms with Crippen molar-refractivity contribution in [2.75, 3.05) is 0 Å². The molecular formula is C38H26N4O. The van der Waals surface area contributed by atoms with E-state index in [0.29, 0.717) is 17.5 Å². The Labute approximate surface area is 249 Å². The second kappa shape index (κ2) is 10.6. The SMILES string of the molecule is C1=C(c2ccncc2)CCC(c2ccc3oc4cccc(-c5nc(-c6ccccc6)nc(-c6ccccc6)n5)c4c3c2)=C1. The predicted molar refractivity (Wildman–Crippen MR) is 173 cm³/mol. The third kappa shape index (κ3) is 4.71. The van der Waals surface area contributed by atoms with E-state index in [1.807, 2.05) is 85.2 Å². The van der Waals surface area contributed by atoms with Crippen molar-refractivity contribution < 1.29 is 4.42 Å². The van der Waals surface area contributed by atoms with Crippen LogP contribution in [0.1, 0.15) is 24.0 Å². The molecule has 7 aromatic rings. The van der Waals surface area contributed by atoms with Crippen LogP contribution >= 0.6 is 0 Å². The third-order valence-corrected chi connectivity index (χ3v) is 8.01. The molecule has 1 aliphatic carbocycles. The number of benzene rings is 4. The Morgan fingerprint density at radius 1 is 0.488 bits per heavy atom. The van der Waals surface area contributed by atoms with Crippen LogP contribution in [0.4, 0.5) is 0 Å². The van der Waals surface area contributed by atoms with E-state index in [2.05, 4.69) is 53.5 Å². The lowest BCUT2D eigenvalue weighted by Crippen LogP contribution is -2.00. The molecule has 0 amide bonds. The zero-order valence-electron chi connectivity index (χ0n) is 23.3. The first-order valence-electron chi connectivity index (χ1n) is 14.4. The molecule has 4 aromatic carbocycles. The van der Waals surface area contributed by atoms with Crippen molar-refractivity contribution in [1.82, 2.24) is 19.9 Å². The van der Waals surface area contributed by atoms with Gasteiger partial charge >= 0.3 is 0 Å². The van der Waals surface area contributed by atoms with Crippen LogP contribution in [-0.4, -0.2) is 19.9 Å². The molecule has 1 aliphatic rings. The van der Waals surface area contributed by atoms with Crippen molar-refractivity contribution >= 4 is 33.1 Å². The lowest BCUT2D eigenvalue weighted by Gasteiger charge is -2.15. The number of hydrogen-bond acceptors (Lipinski definition) is 5. The van der Waals surface area contributed by atoms with Gasteiger partial charge in [-0.25, -0.2) is 15.0 Å². The minimum atomic E-state index is 0.619. The fourth-order valence-electron chi connectivity index (χ4n) is 5.83. The summed E-state index contributed by atoms with van der Waals surface area (Å²) in [7, 11) is 0. The summed E-state index contributed by atoms with van der Waals surface area (Å²) in [5.41, 5.74) is 9.53. The summed E-state index contributed by atoms with van der Waals surface area (Å²) < 4.78 is 6.35. The number of allylic oxidation sites excluding steroid dienone is 4. The Kier molecular flexibility index (Phi) is 6.19. The number of nitrogens with zero attached hydrogens (tertiary/aromatic N) is 4. The quantitative estimate of drug-likeness (QED) is 0.212. The second-order valence-corrected chi connectivity index (χ2v) is 10.6. The highest BCUT2D eigenvalue weighted by Crippen LogP contribution is 2.39. The Bertz CT molecular complexity index is 2110. The third-order valence-electron chi connectivity index (χ3n) is 8.01. The maximum atomic E-state index is 6.35. The van der Waals surface area contributed by atoms with Crippen molar-refractivity contribution in [3.63, 3.8) is 0 Å². The summed E-state index contributed by atoms with van der Waals surface area (Å²) >= 11 is 0. The molecule has 8 rings (SSSR count). The van der Waals surface area contributed by atoms with Gasteiger partial charge in [0.1, 0.15) is 11.2 Å². The molecular weight excluding hydrogens is 528 g/mol. The number of furan rings is 1. The van der Waals surface area contributed by atoms with Crippen LogP contribution in [0.5, 0.6) is 0 Å². The molecule has 3 aromatic heterocycles. The summed E-state index contributed by atoms with van der Waals surface area (Å²) in [5, 5.41) is 2.06. The monoisotopic (exact) mass is 554 g/mol. The molecule has 0 aliphatic heterocycles. The van der Waals surface area contributed by atoms with Crippen LogP contribution in [0.3, 0.4) is 0 Å². The number of rotatable bonds is 5. The van der Waals surface area contributed by atoms with Gasteiger partial charge in [0.25, 0.3) is 0 Å². The van der Waals surface area contributed by atoms with E-state index >= 15 is 0 Å². The van der Waals surface area contributed by atoms with Gasteiger partial charge in [0, 0.05) is 39.9 Å². The van der Waals surface area contributed by atoms with Crippen molar-refractivity contribution in [1.29, 1.82) is 0 Å². The van der Waals surface area contributed by atoms with Crippen LogP contribution in [0, 0.1) is 0 Å². The summed E-state index contributed by atoms with van der Waals surface area (Å²) in [5.74, 6) is 1.89. The Hall–Kier alpha value is -5.68. The van der Waals surface area contributed by atoms with E-state index in [1.165, 1.54) is 22.3 Å². The Morgan fingerprint density at radius 2 is 1.12 bits per heavy atom. The molecule has 5 heteroatoms. The summed E-state index contributed by atoms with van der Waals surface area (Å²) in [6.45, 7) is 0. The van der Waals surface area contributed by atoms with Gasteiger partial charge in [-0.05, 0) is 65.4 Å². The first-order valence-corrected chi connectivity index (χ1v) is 14.4. The van der Waals surface area contributed by atoms with E-state index < -0.39 is 0 Å². The van der Waals surface area contributed by atoms with E-state index in [9.17, 15) is 0 Å². The highest BCUT2D eigenvalue weighted by molar-refractivity contribution is 6.12. The standard InChI is InChI=1S/C38H26N4O/c1-3-8-28(9-4-1)36-40-37(29-10-5-2-6-11-29)42-38(41-36)31-12-7-13-34-35(31)32-24-30(18-19-33(32)43-34)26-16-14-25(15-17-26)27-20-22-39-23-21-27/h1-14,16,18-24H,15,17H2. The van der Waals surface area contributed by atoms with Crippen molar-refractivity contribution in [2.45, 2.75) is 12.8 Å². The Morgan fingerprint density at radius 3 is 1.77 bits per heavy atom. The normalized spacial score (nSPS) is 13.2. The van der Waals surface area contributed by atoms with Gasteiger partial charge in [-0.2, -0.15) is 0 Å². The molecule has 0 saturated carbocycles. The minimum absolute atomic E-state index is 0.619. The molecule has 0 radical (unpaired) electrons. The molecule has 0 unspecified atom stereocenters. The van der Waals surface area contributed by atoms with Crippen LogP contribution in [-0.2, 0) is 0 Å². The van der Waals surface area contributed by atoms with Crippen molar-refractivity contribution in [3.8, 4) is 34.2 Å². The lowest BCUT2D eigenvalue weighted by atomic mass is 9.90.